The first kappa shape index (κ1) is 11.8. The Hall–Kier alpha value is -1.68. The molecule has 0 N–H and O–H groups in total. The summed E-state index contributed by atoms with van der Waals surface area (Å²) in [5.74, 6) is 1.51. The van der Waals surface area contributed by atoms with E-state index in [9.17, 15) is 0 Å². The minimum Gasteiger partial charge on any atom is -0.490 e. The van der Waals surface area contributed by atoms with Gasteiger partial charge in [-0.1, -0.05) is 12.1 Å². The van der Waals surface area contributed by atoms with E-state index in [-0.39, 0.29) is 6.08 Å². The maximum atomic E-state index is 5.62. The van der Waals surface area contributed by atoms with Crippen molar-refractivity contribution >= 4 is 11.6 Å². The molecule has 0 aliphatic carbocycles. The maximum Gasteiger partial charge on any atom is 0.399 e. The summed E-state index contributed by atoms with van der Waals surface area (Å²) in [5, 5.41) is 0. The number of hydrogen-bond donors (Lipinski definition) is 0. The van der Waals surface area contributed by atoms with Crippen molar-refractivity contribution in [3.63, 3.8) is 0 Å². The molecule has 0 amide bonds. The number of aromatic nitrogens is 1. The SMILES string of the molecule is CCOc1ccccc1Oc1nc(CCl)co1. The molecule has 5 heteroatoms. The predicted octanol–water partition coefficient (Wildman–Crippen LogP) is 3.60. The van der Waals surface area contributed by atoms with Gasteiger partial charge in [-0.3, -0.25) is 0 Å². The van der Waals surface area contributed by atoms with Crippen molar-refractivity contribution in [3.8, 4) is 17.6 Å². The number of halogens is 1. The number of rotatable bonds is 5. The lowest BCUT2D eigenvalue weighted by atomic mass is 10.3. The highest BCUT2D eigenvalue weighted by molar-refractivity contribution is 6.16. The lowest BCUT2D eigenvalue weighted by Gasteiger charge is -2.08. The molecule has 4 nitrogen and oxygen atoms in total. The van der Waals surface area contributed by atoms with E-state index in [2.05, 4.69) is 4.98 Å². The molecular formula is C12H12ClNO3. The Balaban J connectivity index is 2.17. The van der Waals surface area contributed by atoms with E-state index in [4.69, 9.17) is 25.5 Å². The van der Waals surface area contributed by atoms with Crippen LogP contribution in [0.1, 0.15) is 12.6 Å². The number of alkyl halides is 1. The van der Waals surface area contributed by atoms with Crippen LogP contribution in [0.25, 0.3) is 0 Å². The zero-order valence-electron chi connectivity index (χ0n) is 9.35. The summed E-state index contributed by atoms with van der Waals surface area (Å²) >= 11 is 5.62. The molecule has 2 aromatic rings. The fourth-order valence-corrected chi connectivity index (χ4v) is 1.42. The summed E-state index contributed by atoms with van der Waals surface area (Å²) < 4.78 is 16.0. The summed E-state index contributed by atoms with van der Waals surface area (Å²) in [4.78, 5) is 4.05. The van der Waals surface area contributed by atoms with Crippen molar-refractivity contribution in [2.75, 3.05) is 6.61 Å². The molecule has 17 heavy (non-hydrogen) atoms. The van der Waals surface area contributed by atoms with Crippen molar-refractivity contribution in [1.29, 1.82) is 0 Å². The quantitative estimate of drug-likeness (QED) is 0.764. The van der Waals surface area contributed by atoms with Crippen molar-refractivity contribution in [1.82, 2.24) is 4.98 Å². The molecule has 0 saturated carbocycles. The molecule has 0 radical (unpaired) electrons. The molecule has 0 bridgehead atoms. The zero-order chi connectivity index (χ0) is 12.1. The smallest absolute Gasteiger partial charge is 0.399 e. The van der Waals surface area contributed by atoms with Crippen molar-refractivity contribution in [2.24, 2.45) is 0 Å². The molecule has 0 unspecified atom stereocenters. The number of benzene rings is 1. The number of nitrogens with zero attached hydrogens (tertiary/aromatic N) is 1. The first-order chi connectivity index (χ1) is 8.33. The van der Waals surface area contributed by atoms with Gasteiger partial charge in [-0.25, -0.2) is 0 Å². The van der Waals surface area contributed by atoms with E-state index in [1.165, 1.54) is 6.26 Å². The first-order valence-electron chi connectivity index (χ1n) is 5.23. The molecular weight excluding hydrogens is 242 g/mol. The molecule has 0 aliphatic heterocycles. The average Bonchev–Trinajstić information content (AvgIpc) is 2.80. The van der Waals surface area contributed by atoms with Crippen LogP contribution in [0.2, 0.25) is 0 Å². The average molecular weight is 254 g/mol. The minimum atomic E-state index is 0.160. The number of para-hydroxylation sites is 2. The molecule has 90 valence electrons. The van der Waals surface area contributed by atoms with Crippen LogP contribution in [0.4, 0.5) is 0 Å². The number of hydrogen-bond acceptors (Lipinski definition) is 4. The summed E-state index contributed by atoms with van der Waals surface area (Å²) in [6.45, 7) is 2.48. The van der Waals surface area contributed by atoms with Gasteiger partial charge < -0.3 is 13.9 Å². The Morgan fingerprint density at radius 2 is 2.06 bits per heavy atom. The topological polar surface area (TPSA) is 44.5 Å². The highest BCUT2D eigenvalue weighted by Crippen LogP contribution is 2.30. The standard InChI is InChI=1S/C12H12ClNO3/c1-2-15-10-5-3-4-6-11(10)17-12-14-9(7-13)8-16-12/h3-6,8H,2,7H2,1H3. The van der Waals surface area contributed by atoms with Crippen molar-refractivity contribution < 1.29 is 13.9 Å². The van der Waals surface area contributed by atoms with Gasteiger partial charge in [0.05, 0.1) is 18.2 Å². The van der Waals surface area contributed by atoms with Gasteiger partial charge in [0.1, 0.15) is 6.26 Å². The van der Waals surface area contributed by atoms with Crippen LogP contribution < -0.4 is 9.47 Å². The Morgan fingerprint density at radius 1 is 1.29 bits per heavy atom. The lowest BCUT2D eigenvalue weighted by molar-refractivity contribution is 0.291. The lowest BCUT2D eigenvalue weighted by Crippen LogP contribution is -1.94. The third kappa shape index (κ3) is 2.91. The van der Waals surface area contributed by atoms with Gasteiger partial charge in [-0.05, 0) is 19.1 Å². The van der Waals surface area contributed by atoms with Gasteiger partial charge in [0.15, 0.2) is 11.5 Å². The Labute approximate surface area is 104 Å². The molecule has 0 atom stereocenters. The van der Waals surface area contributed by atoms with Crippen molar-refractivity contribution in [2.45, 2.75) is 12.8 Å². The largest absolute Gasteiger partial charge is 0.490 e. The summed E-state index contributed by atoms with van der Waals surface area (Å²) in [6, 6.07) is 7.33. The zero-order valence-corrected chi connectivity index (χ0v) is 10.1. The third-order valence-corrected chi connectivity index (χ3v) is 2.29. The first-order valence-corrected chi connectivity index (χ1v) is 5.77. The third-order valence-electron chi connectivity index (χ3n) is 2.01. The van der Waals surface area contributed by atoms with Crippen molar-refractivity contribution in [3.05, 3.63) is 36.2 Å². The van der Waals surface area contributed by atoms with Crippen LogP contribution in [-0.4, -0.2) is 11.6 Å². The van der Waals surface area contributed by atoms with Crippen LogP contribution in [-0.2, 0) is 5.88 Å². The predicted molar refractivity (Wildman–Crippen MR) is 63.7 cm³/mol. The van der Waals surface area contributed by atoms with Gasteiger partial charge in [0, 0.05) is 0 Å². The fraction of sp³-hybridized carbons (Fsp3) is 0.250. The summed E-state index contributed by atoms with van der Waals surface area (Å²) in [5.41, 5.74) is 0.635. The Bertz CT molecular complexity index is 484. The van der Waals surface area contributed by atoms with E-state index in [0.29, 0.717) is 29.7 Å². The monoisotopic (exact) mass is 253 g/mol. The molecule has 0 fully saturated rings. The second-order valence-electron chi connectivity index (χ2n) is 3.22. The van der Waals surface area contributed by atoms with E-state index in [1.54, 1.807) is 6.07 Å². The molecule has 1 aromatic heterocycles. The normalized spacial score (nSPS) is 10.2. The number of oxazole rings is 1. The van der Waals surface area contributed by atoms with Gasteiger partial charge >= 0.3 is 6.08 Å². The number of ether oxygens (including phenoxy) is 2. The molecule has 0 aliphatic rings. The van der Waals surface area contributed by atoms with E-state index in [0.717, 1.165) is 0 Å². The maximum absolute atomic E-state index is 5.62. The molecule has 0 saturated heterocycles. The van der Waals surface area contributed by atoms with Crippen LogP contribution in [0.3, 0.4) is 0 Å². The van der Waals surface area contributed by atoms with Crippen LogP contribution in [0.15, 0.2) is 34.9 Å². The minimum absolute atomic E-state index is 0.160. The second-order valence-corrected chi connectivity index (χ2v) is 3.49. The Morgan fingerprint density at radius 3 is 2.71 bits per heavy atom. The van der Waals surface area contributed by atoms with Gasteiger partial charge in [0.25, 0.3) is 0 Å². The van der Waals surface area contributed by atoms with Gasteiger partial charge in [0.2, 0.25) is 0 Å². The Kier molecular flexibility index (Phi) is 3.88. The molecule has 2 rings (SSSR count). The molecule has 1 heterocycles. The fourth-order valence-electron chi connectivity index (χ4n) is 1.30. The van der Waals surface area contributed by atoms with Crippen LogP contribution >= 0.6 is 11.6 Å². The van der Waals surface area contributed by atoms with Crippen LogP contribution in [0.5, 0.6) is 17.6 Å². The summed E-state index contributed by atoms with van der Waals surface area (Å²) in [6.07, 6.45) is 1.62. The van der Waals surface area contributed by atoms with E-state index in [1.807, 2.05) is 25.1 Å². The van der Waals surface area contributed by atoms with E-state index >= 15 is 0 Å². The second kappa shape index (κ2) is 5.59. The molecule has 1 aromatic carbocycles. The summed E-state index contributed by atoms with van der Waals surface area (Å²) in [7, 11) is 0. The van der Waals surface area contributed by atoms with Crippen LogP contribution in [0, 0.1) is 0 Å². The molecule has 0 spiro atoms. The highest BCUT2D eigenvalue weighted by atomic mass is 35.5. The highest BCUT2D eigenvalue weighted by Gasteiger charge is 2.09. The van der Waals surface area contributed by atoms with E-state index < -0.39 is 0 Å². The van der Waals surface area contributed by atoms with Gasteiger partial charge in [-0.15, -0.1) is 11.6 Å². The van der Waals surface area contributed by atoms with Gasteiger partial charge in [-0.2, -0.15) is 4.98 Å².